The number of carbonyl (C=O) groups is 1. The Labute approximate surface area is 226 Å². The summed E-state index contributed by atoms with van der Waals surface area (Å²) in [7, 11) is 1.42. The highest BCUT2D eigenvalue weighted by molar-refractivity contribution is 5.79. The normalized spacial score (nSPS) is 37.6. The summed E-state index contributed by atoms with van der Waals surface area (Å²) in [4.78, 5) is 17.0. The van der Waals surface area contributed by atoms with Crippen molar-refractivity contribution in [3.63, 3.8) is 0 Å². The quantitative estimate of drug-likeness (QED) is 0.253. The molecule has 2 aromatic carbocycles. The minimum atomic E-state index is -2.28. The largest absolute Gasteiger partial charge is 0.504 e. The van der Waals surface area contributed by atoms with Gasteiger partial charge in [0.05, 0.1) is 29.5 Å². The summed E-state index contributed by atoms with van der Waals surface area (Å²) in [5, 5.41) is 23.3. The SMILES string of the molecule is CN(C(=O)Cc1c(F)c(F)c(F)c(F)c1F)[C@@H]1CC[C@@]2(O)[C@@H]3N(CC4CC4)[C@@]34Cc3ccc(O)c5c3[C@@]2(C4)[C@H]1O5. The Morgan fingerprint density at radius 2 is 1.75 bits per heavy atom. The van der Waals surface area contributed by atoms with E-state index >= 15 is 0 Å². The van der Waals surface area contributed by atoms with E-state index in [0.29, 0.717) is 30.9 Å². The lowest BCUT2D eigenvalue weighted by atomic mass is 9.56. The van der Waals surface area contributed by atoms with Gasteiger partial charge in [0, 0.05) is 30.3 Å². The number of likely N-dealkylation sites (tertiary alicyclic amines) is 1. The first kappa shape index (κ1) is 24.8. The molecular formula is C29H27F5N2O4. The monoisotopic (exact) mass is 562 g/mol. The van der Waals surface area contributed by atoms with Gasteiger partial charge in [0.1, 0.15) is 6.10 Å². The van der Waals surface area contributed by atoms with Gasteiger partial charge >= 0.3 is 0 Å². The molecule has 0 radical (unpaired) electrons. The standard InChI is InChI=1S/C29H27F5N2O4/c1-35(17(38)8-14-19(30)21(32)23(34)22(33)20(14)31)15-6-7-29(39)26-27(36(26)10-12-2-3-12)9-13-4-5-16(37)24-18(13)28(29,11-27)25(15)40-24/h4-5,12,15,25-26,37,39H,2-3,6-11H2,1H3/t15-,25+,26-,27-,28+,29-,36?/m1/s1. The van der Waals surface area contributed by atoms with E-state index in [0.717, 1.165) is 24.1 Å². The molecule has 4 fully saturated rings. The molecule has 2 aromatic rings. The number of piperidine rings is 1. The topological polar surface area (TPSA) is 73.0 Å². The molecule has 3 saturated carbocycles. The summed E-state index contributed by atoms with van der Waals surface area (Å²) < 4.78 is 76.3. The summed E-state index contributed by atoms with van der Waals surface area (Å²) in [6.07, 6.45) is 2.53. The van der Waals surface area contributed by atoms with E-state index in [2.05, 4.69) is 4.90 Å². The van der Waals surface area contributed by atoms with Crippen LogP contribution in [0.1, 0.15) is 48.8 Å². The fourth-order valence-corrected chi connectivity index (χ4v) is 9.01. The first-order chi connectivity index (χ1) is 19.0. The highest BCUT2D eigenvalue weighted by Gasteiger charge is 2.88. The Morgan fingerprint density at radius 3 is 2.42 bits per heavy atom. The second-order valence-corrected chi connectivity index (χ2v) is 12.7. The Balaban J connectivity index is 1.17. The highest BCUT2D eigenvalue weighted by atomic mass is 19.2. The fourth-order valence-electron chi connectivity index (χ4n) is 9.01. The number of phenolic OH excluding ortho intramolecular Hbond substituents is 1. The smallest absolute Gasteiger partial charge is 0.227 e. The molecule has 2 bridgehead atoms. The number of aliphatic hydroxyl groups is 1. The van der Waals surface area contributed by atoms with Crippen molar-refractivity contribution in [1.29, 1.82) is 0 Å². The number of ether oxygens (including phenoxy) is 1. The van der Waals surface area contributed by atoms with E-state index in [-0.39, 0.29) is 17.3 Å². The van der Waals surface area contributed by atoms with Crippen LogP contribution in [0.25, 0.3) is 0 Å². The summed E-state index contributed by atoms with van der Waals surface area (Å²) >= 11 is 0. The molecule has 7 atom stereocenters. The molecule has 6 aliphatic rings. The van der Waals surface area contributed by atoms with Crippen LogP contribution in [-0.2, 0) is 23.1 Å². The van der Waals surface area contributed by atoms with E-state index in [9.17, 15) is 37.0 Å². The van der Waals surface area contributed by atoms with Crippen molar-refractivity contribution >= 4 is 5.91 Å². The zero-order chi connectivity index (χ0) is 28.1. The van der Waals surface area contributed by atoms with Crippen LogP contribution >= 0.6 is 0 Å². The van der Waals surface area contributed by atoms with Crippen LogP contribution in [0.2, 0.25) is 0 Å². The van der Waals surface area contributed by atoms with E-state index in [1.807, 2.05) is 6.07 Å². The second kappa shape index (κ2) is 7.47. The third-order valence-electron chi connectivity index (χ3n) is 10.9. The van der Waals surface area contributed by atoms with Crippen molar-refractivity contribution in [2.45, 2.75) is 79.7 Å². The van der Waals surface area contributed by atoms with Gasteiger partial charge in [-0.3, -0.25) is 9.69 Å². The lowest BCUT2D eigenvalue weighted by Gasteiger charge is -2.54. The van der Waals surface area contributed by atoms with E-state index < -0.39 is 70.1 Å². The Bertz CT molecular complexity index is 1500. The number of carbonyl (C=O) groups excluding carboxylic acids is 1. The lowest BCUT2D eigenvalue weighted by Crippen LogP contribution is -2.68. The summed E-state index contributed by atoms with van der Waals surface area (Å²) in [5.41, 5.74) is -1.73. The number of benzene rings is 2. The molecule has 1 saturated heterocycles. The Kier molecular flexibility index (Phi) is 4.64. The molecule has 2 spiro atoms. The van der Waals surface area contributed by atoms with E-state index in [1.165, 1.54) is 24.8 Å². The molecule has 2 aliphatic heterocycles. The zero-order valence-electron chi connectivity index (χ0n) is 21.6. The fraction of sp³-hybridized carbons (Fsp3) is 0.552. The number of halogens is 5. The first-order valence-corrected chi connectivity index (χ1v) is 13.7. The Morgan fingerprint density at radius 1 is 1.07 bits per heavy atom. The summed E-state index contributed by atoms with van der Waals surface area (Å²) in [6.45, 7) is 0.929. The van der Waals surface area contributed by atoms with E-state index in [1.54, 1.807) is 6.07 Å². The molecule has 212 valence electrons. The number of aromatic hydroxyl groups is 1. The maximum atomic E-state index is 14.4. The molecule has 8 rings (SSSR count). The van der Waals surface area contributed by atoms with Crippen molar-refractivity contribution in [2.24, 2.45) is 5.92 Å². The zero-order valence-corrected chi connectivity index (χ0v) is 21.6. The molecule has 2 heterocycles. The van der Waals surface area contributed by atoms with Gasteiger partial charge in [-0.25, -0.2) is 22.0 Å². The number of hydrogen-bond donors (Lipinski definition) is 2. The van der Waals surface area contributed by atoms with E-state index in [4.69, 9.17) is 4.74 Å². The predicted molar refractivity (Wildman–Crippen MR) is 129 cm³/mol. The number of likely N-dealkylation sites (N-methyl/N-ethyl adjacent to an activating group) is 1. The summed E-state index contributed by atoms with van der Waals surface area (Å²) in [6, 6.07) is 2.71. The molecule has 1 amide bonds. The van der Waals surface area contributed by atoms with Gasteiger partial charge in [-0.2, -0.15) is 0 Å². The second-order valence-electron chi connectivity index (χ2n) is 12.7. The average Bonchev–Trinajstić information content (AvgIpc) is 3.80. The molecule has 6 nitrogen and oxygen atoms in total. The first-order valence-electron chi connectivity index (χ1n) is 13.7. The molecule has 2 N–H and O–H groups in total. The number of amides is 1. The number of hydrogen-bond acceptors (Lipinski definition) is 5. The highest BCUT2D eigenvalue weighted by Crippen LogP contribution is 2.77. The lowest BCUT2D eigenvalue weighted by molar-refractivity contribution is -0.150. The third kappa shape index (κ3) is 2.69. The number of phenols is 1. The number of nitrogens with zero attached hydrogens (tertiary/aromatic N) is 2. The van der Waals surface area contributed by atoms with Crippen molar-refractivity contribution in [3.05, 3.63) is 57.9 Å². The van der Waals surface area contributed by atoms with Gasteiger partial charge < -0.3 is 19.8 Å². The van der Waals surface area contributed by atoms with Crippen molar-refractivity contribution in [2.75, 3.05) is 13.6 Å². The van der Waals surface area contributed by atoms with Crippen LogP contribution < -0.4 is 4.74 Å². The van der Waals surface area contributed by atoms with Gasteiger partial charge in [0.2, 0.25) is 11.7 Å². The molecule has 4 aliphatic carbocycles. The number of fused-ring (bicyclic) bond motifs is 1. The van der Waals surface area contributed by atoms with Crippen molar-refractivity contribution in [1.82, 2.24) is 9.80 Å². The summed E-state index contributed by atoms with van der Waals surface area (Å²) in [5.74, 6) is -10.5. The average molecular weight is 563 g/mol. The molecule has 11 heteroatoms. The number of rotatable bonds is 5. The van der Waals surface area contributed by atoms with Crippen molar-refractivity contribution < 1.29 is 41.7 Å². The van der Waals surface area contributed by atoms with Crippen LogP contribution in [0.3, 0.4) is 0 Å². The molecule has 40 heavy (non-hydrogen) atoms. The molecular weight excluding hydrogens is 535 g/mol. The van der Waals surface area contributed by atoms with Gasteiger partial charge in [0.25, 0.3) is 0 Å². The van der Waals surface area contributed by atoms with Gasteiger partial charge in [0.15, 0.2) is 34.8 Å². The third-order valence-corrected chi connectivity index (χ3v) is 10.9. The minimum absolute atomic E-state index is 0.0645. The maximum Gasteiger partial charge on any atom is 0.227 e. The van der Waals surface area contributed by atoms with Crippen LogP contribution in [0.4, 0.5) is 22.0 Å². The van der Waals surface area contributed by atoms with Crippen LogP contribution in [0.15, 0.2) is 12.1 Å². The van der Waals surface area contributed by atoms with Gasteiger partial charge in [-0.15, -0.1) is 0 Å². The molecule has 0 aromatic heterocycles. The Hall–Kier alpha value is -2.92. The minimum Gasteiger partial charge on any atom is -0.504 e. The van der Waals surface area contributed by atoms with Crippen LogP contribution in [0, 0.1) is 35.0 Å². The maximum absolute atomic E-state index is 14.4. The van der Waals surface area contributed by atoms with Crippen LogP contribution in [0.5, 0.6) is 11.5 Å². The predicted octanol–water partition coefficient (Wildman–Crippen LogP) is 3.47. The van der Waals surface area contributed by atoms with Crippen molar-refractivity contribution in [3.8, 4) is 11.5 Å². The molecule has 1 unspecified atom stereocenters. The van der Waals surface area contributed by atoms with Gasteiger partial charge in [-0.1, -0.05) is 6.07 Å². The van der Waals surface area contributed by atoms with Crippen LogP contribution in [-0.4, -0.2) is 68.8 Å². The van der Waals surface area contributed by atoms with Gasteiger partial charge in [-0.05, 0) is 56.1 Å².